The van der Waals surface area contributed by atoms with Gasteiger partial charge in [-0.3, -0.25) is 14.4 Å². The van der Waals surface area contributed by atoms with Crippen LogP contribution >= 0.6 is 0 Å². The molecule has 2 fully saturated rings. The summed E-state index contributed by atoms with van der Waals surface area (Å²) in [5.74, 6) is -0.344. The third kappa shape index (κ3) is 4.57. The topological polar surface area (TPSA) is 92.1 Å². The lowest BCUT2D eigenvalue weighted by Gasteiger charge is -2.29. The maximum atomic E-state index is 13.8. The Labute approximate surface area is 221 Å². The first-order valence-electron chi connectivity index (χ1n) is 12.9. The van der Waals surface area contributed by atoms with Crippen molar-refractivity contribution in [2.75, 3.05) is 23.2 Å². The molecule has 0 unspecified atom stereocenters. The van der Waals surface area contributed by atoms with E-state index in [0.29, 0.717) is 36.0 Å². The van der Waals surface area contributed by atoms with Crippen molar-refractivity contribution >= 4 is 23.2 Å². The van der Waals surface area contributed by atoms with Gasteiger partial charge in [0.15, 0.2) is 17.6 Å². The Kier molecular flexibility index (Phi) is 7.29. The fourth-order valence-electron chi connectivity index (χ4n) is 4.91. The van der Waals surface area contributed by atoms with Crippen molar-refractivity contribution in [3.05, 3.63) is 83.9 Å². The van der Waals surface area contributed by atoms with Crippen molar-refractivity contribution in [1.82, 2.24) is 0 Å². The van der Waals surface area contributed by atoms with Crippen LogP contribution in [0.1, 0.15) is 43.9 Å². The average Bonchev–Trinajstić information content (AvgIpc) is 3.46. The van der Waals surface area contributed by atoms with E-state index in [-0.39, 0.29) is 5.91 Å². The second kappa shape index (κ2) is 11.0. The molecule has 194 valence electrons. The van der Waals surface area contributed by atoms with E-state index in [0.717, 1.165) is 29.0 Å². The second-order valence-electron chi connectivity index (χ2n) is 9.17. The molecule has 2 aliphatic heterocycles. The van der Waals surface area contributed by atoms with Gasteiger partial charge in [0.05, 0.1) is 42.3 Å². The molecule has 2 heterocycles. The highest BCUT2D eigenvalue weighted by atomic mass is 16.7. The zero-order valence-corrected chi connectivity index (χ0v) is 21.4. The van der Waals surface area contributed by atoms with E-state index in [1.165, 1.54) is 0 Å². The highest BCUT2D eigenvalue weighted by molar-refractivity contribution is 6.23. The summed E-state index contributed by atoms with van der Waals surface area (Å²) >= 11 is 0. The summed E-state index contributed by atoms with van der Waals surface area (Å²) in [7, 11) is 0. The highest BCUT2D eigenvalue weighted by Gasteiger charge is 2.60. The number of fused-ring (bicyclic) bond motifs is 1. The number of hydroxylamine groups is 1. The van der Waals surface area contributed by atoms with Gasteiger partial charge in [0.1, 0.15) is 5.92 Å². The van der Waals surface area contributed by atoms with E-state index in [1.54, 1.807) is 29.3 Å². The van der Waals surface area contributed by atoms with E-state index in [2.05, 4.69) is 13.0 Å². The standard InChI is InChI=1S/C30H29N3O5/c1-3-5-17-37-24-16-13-21(18-25(24)36-4-2)27-26-28(38-33(27)23-9-7-6-8-10-23)30(35)32(29(26)34)22-14-11-20(19-31)12-15-22/h6-16,18,26-28H,3-5,17H2,1-2H3/t26-,27+,28+/m1/s1. The predicted molar refractivity (Wildman–Crippen MR) is 142 cm³/mol. The molecule has 2 saturated heterocycles. The number of hydrogen-bond acceptors (Lipinski definition) is 7. The Hall–Kier alpha value is -4.35. The predicted octanol–water partition coefficient (Wildman–Crippen LogP) is 5.19. The third-order valence-corrected chi connectivity index (χ3v) is 6.75. The Morgan fingerprint density at radius 2 is 1.66 bits per heavy atom. The summed E-state index contributed by atoms with van der Waals surface area (Å²) in [6, 6.07) is 22.9. The van der Waals surface area contributed by atoms with Gasteiger partial charge < -0.3 is 9.47 Å². The molecule has 3 atom stereocenters. The summed E-state index contributed by atoms with van der Waals surface area (Å²) in [5, 5.41) is 10.8. The van der Waals surface area contributed by atoms with Crippen molar-refractivity contribution in [3.8, 4) is 17.6 Å². The van der Waals surface area contributed by atoms with Crippen molar-refractivity contribution in [2.24, 2.45) is 5.92 Å². The van der Waals surface area contributed by atoms with Gasteiger partial charge in [0, 0.05) is 0 Å². The lowest BCUT2D eigenvalue weighted by atomic mass is 9.90. The van der Waals surface area contributed by atoms with Crippen LogP contribution in [0.4, 0.5) is 11.4 Å². The Morgan fingerprint density at radius 1 is 0.895 bits per heavy atom. The number of para-hydroxylation sites is 1. The maximum Gasteiger partial charge on any atom is 0.266 e. The van der Waals surface area contributed by atoms with Gasteiger partial charge in [0.2, 0.25) is 5.91 Å². The lowest BCUT2D eigenvalue weighted by Crippen LogP contribution is -2.37. The van der Waals surface area contributed by atoms with Crippen LogP contribution in [0.25, 0.3) is 0 Å². The van der Waals surface area contributed by atoms with Crippen molar-refractivity contribution < 1.29 is 23.9 Å². The second-order valence-corrected chi connectivity index (χ2v) is 9.17. The van der Waals surface area contributed by atoms with Crippen LogP contribution < -0.4 is 19.4 Å². The Morgan fingerprint density at radius 3 is 2.34 bits per heavy atom. The van der Waals surface area contributed by atoms with Crippen molar-refractivity contribution in [3.63, 3.8) is 0 Å². The zero-order chi connectivity index (χ0) is 26.6. The van der Waals surface area contributed by atoms with E-state index in [4.69, 9.17) is 19.6 Å². The highest BCUT2D eigenvalue weighted by Crippen LogP contribution is 2.48. The van der Waals surface area contributed by atoms with Crippen LogP contribution in [-0.4, -0.2) is 31.1 Å². The quantitative estimate of drug-likeness (QED) is 0.288. The van der Waals surface area contributed by atoms with Crippen LogP contribution in [0.2, 0.25) is 0 Å². The smallest absolute Gasteiger partial charge is 0.266 e. The van der Waals surface area contributed by atoms with Crippen LogP contribution in [0.5, 0.6) is 11.5 Å². The average molecular weight is 512 g/mol. The van der Waals surface area contributed by atoms with Gasteiger partial charge >= 0.3 is 0 Å². The van der Waals surface area contributed by atoms with E-state index < -0.39 is 24.0 Å². The summed E-state index contributed by atoms with van der Waals surface area (Å²) in [6.45, 7) is 5.04. The fourth-order valence-corrected chi connectivity index (χ4v) is 4.91. The van der Waals surface area contributed by atoms with Crippen LogP contribution in [0, 0.1) is 17.2 Å². The largest absolute Gasteiger partial charge is 0.490 e. The van der Waals surface area contributed by atoms with Crippen LogP contribution in [0.15, 0.2) is 72.8 Å². The molecular weight excluding hydrogens is 482 g/mol. The Bertz CT molecular complexity index is 1350. The van der Waals surface area contributed by atoms with Gasteiger partial charge in [-0.25, -0.2) is 9.96 Å². The minimum atomic E-state index is -0.987. The molecule has 2 aliphatic rings. The van der Waals surface area contributed by atoms with E-state index in [1.807, 2.05) is 55.5 Å². The first-order valence-corrected chi connectivity index (χ1v) is 12.9. The minimum absolute atomic E-state index is 0.352. The Balaban J connectivity index is 1.54. The molecule has 3 aromatic rings. The molecule has 0 N–H and O–H groups in total. The number of imide groups is 1. The van der Waals surface area contributed by atoms with Gasteiger partial charge in [-0.15, -0.1) is 0 Å². The van der Waals surface area contributed by atoms with E-state index >= 15 is 0 Å². The van der Waals surface area contributed by atoms with Gasteiger partial charge in [-0.05, 0) is 67.4 Å². The summed E-state index contributed by atoms with van der Waals surface area (Å²) in [4.78, 5) is 34.8. The van der Waals surface area contributed by atoms with Gasteiger partial charge in [-0.2, -0.15) is 5.26 Å². The molecule has 0 aliphatic carbocycles. The lowest BCUT2D eigenvalue weighted by molar-refractivity contribution is -0.126. The van der Waals surface area contributed by atoms with Crippen LogP contribution in [0.3, 0.4) is 0 Å². The molecule has 0 radical (unpaired) electrons. The number of amides is 2. The SMILES string of the molecule is CCCCOc1ccc([C@H]2[C@H]3C(=O)N(c4ccc(C#N)cc4)C(=O)[C@H]3ON2c2ccccc2)cc1OCC. The molecule has 2 amide bonds. The van der Waals surface area contributed by atoms with Gasteiger partial charge in [-0.1, -0.05) is 37.6 Å². The molecule has 0 saturated carbocycles. The number of unbranched alkanes of at least 4 members (excludes halogenated alkanes) is 1. The number of benzene rings is 3. The molecule has 5 rings (SSSR count). The van der Waals surface area contributed by atoms with E-state index in [9.17, 15) is 9.59 Å². The third-order valence-electron chi connectivity index (χ3n) is 6.75. The number of carbonyl (C=O) groups excluding carboxylic acids is 2. The number of nitrogens with zero attached hydrogens (tertiary/aromatic N) is 3. The number of anilines is 2. The number of ether oxygens (including phenoxy) is 2. The number of carbonyl (C=O) groups is 2. The molecule has 8 nitrogen and oxygen atoms in total. The number of rotatable bonds is 9. The normalized spacial score (nSPS) is 20.4. The molecule has 8 heteroatoms. The van der Waals surface area contributed by atoms with Crippen molar-refractivity contribution in [2.45, 2.75) is 38.8 Å². The van der Waals surface area contributed by atoms with Crippen molar-refractivity contribution in [1.29, 1.82) is 5.26 Å². The molecule has 0 spiro atoms. The molecule has 0 aromatic heterocycles. The fraction of sp³-hybridized carbons (Fsp3) is 0.300. The number of nitriles is 1. The molecule has 3 aromatic carbocycles. The summed E-state index contributed by atoms with van der Waals surface area (Å²) in [6.07, 6.45) is 0.957. The minimum Gasteiger partial charge on any atom is -0.490 e. The summed E-state index contributed by atoms with van der Waals surface area (Å²) in [5.41, 5.74) is 2.37. The van der Waals surface area contributed by atoms with Gasteiger partial charge in [0.25, 0.3) is 5.91 Å². The monoisotopic (exact) mass is 511 g/mol. The zero-order valence-electron chi connectivity index (χ0n) is 21.4. The number of hydrogen-bond donors (Lipinski definition) is 0. The molecule has 38 heavy (non-hydrogen) atoms. The first kappa shape index (κ1) is 25.3. The molecule has 0 bridgehead atoms. The van der Waals surface area contributed by atoms with Crippen LogP contribution in [-0.2, 0) is 14.4 Å². The maximum absolute atomic E-state index is 13.8. The summed E-state index contributed by atoms with van der Waals surface area (Å²) < 4.78 is 11.9. The molecular formula is C30H29N3O5. The first-order chi connectivity index (χ1) is 18.6.